The van der Waals surface area contributed by atoms with Crippen LogP contribution in [0.15, 0.2) is 18.2 Å². The lowest BCUT2D eigenvalue weighted by Gasteiger charge is -2.05. The van der Waals surface area contributed by atoms with Crippen LogP contribution in [-0.4, -0.2) is 22.5 Å². The second kappa shape index (κ2) is 4.67. The lowest BCUT2D eigenvalue weighted by molar-refractivity contribution is 0.0520. The smallest absolute Gasteiger partial charge is 0.356 e. The average molecular weight is 251 g/mol. The van der Waals surface area contributed by atoms with Gasteiger partial charge in [0.15, 0.2) is 0 Å². The molecule has 2 heterocycles. The molecule has 0 N–H and O–H groups in total. The van der Waals surface area contributed by atoms with E-state index in [9.17, 15) is 4.79 Å². The molecule has 0 aliphatic carbocycles. The van der Waals surface area contributed by atoms with Crippen LogP contribution in [0, 0.1) is 6.92 Å². The fraction of sp³-hybridized carbons (Fsp3) is 0.250. The highest BCUT2D eigenvalue weighted by Crippen LogP contribution is 2.18. The van der Waals surface area contributed by atoms with Crippen molar-refractivity contribution in [2.24, 2.45) is 0 Å². The minimum atomic E-state index is -0.424. The summed E-state index contributed by atoms with van der Waals surface area (Å²) in [6, 6.07) is 5.04. The summed E-state index contributed by atoms with van der Waals surface area (Å²) in [5.41, 5.74) is 2.48. The van der Waals surface area contributed by atoms with Gasteiger partial charge in [-0.15, -0.1) is 0 Å². The Bertz CT molecular complexity index is 584. The summed E-state index contributed by atoms with van der Waals surface area (Å²) in [6.07, 6.45) is 0. The Morgan fingerprint density at radius 3 is 2.88 bits per heavy atom. The van der Waals surface area contributed by atoms with Crippen molar-refractivity contribution in [3.8, 4) is 0 Å². The zero-order chi connectivity index (χ0) is 12.4. The van der Waals surface area contributed by atoms with Gasteiger partial charge in [-0.3, -0.25) is 0 Å². The predicted molar refractivity (Wildman–Crippen MR) is 65.2 cm³/mol. The minimum absolute atomic E-state index is 0.293. The molecule has 17 heavy (non-hydrogen) atoms. The van der Waals surface area contributed by atoms with Crippen LogP contribution < -0.4 is 0 Å². The second-order valence-electron chi connectivity index (χ2n) is 3.55. The molecule has 5 heteroatoms. The molecular weight excluding hydrogens is 240 g/mol. The maximum Gasteiger partial charge on any atom is 0.356 e. The topological polar surface area (TPSA) is 52.1 Å². The number of halogens is 1. The number of carbonyl (C=O) groups excluding carboxylic acids is 1. The average Bonchev–Trinajstić information content (AvgIpc) is 2.30. The number of nitrogens with zero attached hydrogens (tertiary/aromatic N) is 2. The van der Waals surface area contributed by atoms with Gasteiger partial charge >= 0.3 is 5.97 Å². The normalized spacial score (nSPS) is 10.5. The molecule has 2 aromatic heterocycles. The third-order valence-electron chi connectivity index (χ3n) is 2.29. The van der Waals surface area contributed by atoms with Crippen molar-refractivity contribution in [1.82, 2.24) is 9.97 Å². The molecule has 0 spiro atoms. The Hall–Kier alpha value is -1.68. The molecule has 88 valence electrons. The van der Waals surface area contributed by atoms with Crippen LogP contribution in [0.5, 0.6) is 0 Å². The van der Waals surface area contributed by atoms with Gasteiger partial charge in [-0.25, -0.2) is 14.8 Å². The van der Waals surface area contributed by atoms with Crippen molar-refractivity contribution in [2.45, 2.75) is 13.8 Å². The van der Waals surface area contributed by atoms with Crippen molar-refractivity contribution >= 4 is 28.6 Å². The van der Waals surface area contributed by atoms with Gasteiger partial charge in [-0.2, -0.15) is 0 Å². The zero-order valence-electron chi connectivity index (χ0n) is 9.53. The molecule has 0 atom stereocenters. The number of aromatic nitrogens is 2. The lowest BCUT2D eigenvalue weighted by atomic mass is 10.2. The van der Waals surface area contributed by atoms with Crippen LogP contribution in [0.2, 0.25) is 5.15 Å². The van der Waals surface area contributed by atoms with Crippen LogP contribution in [0.4, 0.5) is 0 Å². The summed E-state index contributed by atoms with van der Waals surface area (Å²) >= 11 is 5.81. The highest BCUT2D eigenvalue weighted by molar-refractivity contribution is 6.29. The molecule has 0 radical (unpaired) electrons. The van der Waals surface area contributed by atoms with Crippen molar-refractivity contribution in [2.75, 3.05) is 6.61 Å². The molecule has 0 fully saturated rings. The van der Waals surface area contributed by atoms with Crippen LogP contribution in [0.3, 0.4) is 0 Å². The number of rotatable bonds is 2. The van der Waals surface area contributed by atoms with Gasteiger partial charge in [0.2, 0.25) is 0 Å². The maximum absolute atomic E-state index is 11.6. The van der Waals surface area contributed by atoms with E-state index in [2.05, 4.69) is 9.97 Å². The zero-order valence-corrected chi connectivity index (χ0v) is 10.3. The van der Waals surface area contributed by atoms with Gasteiger partial charge in [0.1, 0.15) is 10.8 Å². The molecule has 2 rings (SSSR count). The van der Waals surface area contributed by atoms with Crippen molar-refractivity contribution < 1.29 is 9.53 Å². The number of carbonyl (C=O) groups is 1. The van der Waals surface area contributed by atoms with Gasteiger partial charge in [-0.1, -0.05) is 11.6 Å². The van der Waals surface area contributed by atoms with E-state index in [-0.39, 0.29) is 0 Å². The first-order valence-electron chi connectivity index (χ1n) is 5.23. The molecule has 0 aliphatic heterocycles. The van der Waals surface area contributed by atoms with Crippen LogP contribution in [0.25, 0.3) is 11.0 Å². The predicted octanol–water partition coefficient (Wildman–Crippen LogP) is 2.77. The standard InChI is InChI=1S/C12H11ClN2O2/c1-3-17-12(16)9-6-7(2)11-8(14-9)4-5-10(13)15-11/h4-6H,3H2,1-2H3. The highest BCUT2D eigenvalue weighted by atomic mass is 35.5. The van der Waals surface area contributed by atoms with Crippen molar-refractivity contribution in [3.63, 3.8) is 0 Å². The van der Waals surface area contributed by atoms with E-state index in [0.29, 0.717) is 28.5 Å². The first-order valence-corrected chi connectivity index (χ1v) is 5.60. The summed E-state index contributed by atoms with van der Waals surface area (Å²) in [5.74, 6) is -0.424. The highest BCUT2D eigenvalue weighted by Gasteiger charge is 2.11. The summed E-state index contributed by atoms with van der Waals surface area (Å²) in [5, 5.41) is 0.409. The number of hydrogen-bond acceptors (Lipinski definition) is 4. The van der Waals surface area contributed by atoms with Gasteiger partial charge < -0.3 is 4.74 Å². The van der Waals surface area contributed by atoms with E-state index >= 15 is 0 Å². The number of pyridine rings is 2. The molecule has 0 amide bonds. The fourth-order valence-electron chi connectivity index (χ4n) is 1.55. The van der Waals surface area contributed by atoms with Crippen LogP contribution in [0.1, 0.15) is 23.0 Å². The van der Waals surface area contributed by atoms with Crippen LogP contribution in [-0.2, 0) is 4.74 Å². The molecule has 2 aromatic rings. The molecule has 0 saturated carbocycles. The number of fused-ring (bicyclic) bond motifs is 1. The molecule has 0 unspecified atom stereocenters. The Balaban J connectivity index is 2.56. The Kier molecular flexibility index (Phi) is 3.24. The van der Waals surface area contributed by atoms with Crippen molar-refractivity contribution in [1.29, 1.82) is 0 Å². The number of esters is 1. The summed E-state index contributed by atoms with van der Waals surface area (Å²) in [7, 11) is 0. The van der Waals surface area contributed by atoms with E-state index in [1.807, 2.05) is 6.92 Å². The van der Waals surface area contributed by atoms with Gasteiger partial charge in [0.05, 0.1) is 17.6 Å². The lowest BCUT2D eigenvalue weighted by Crippen LogP contribution is -2.08. The van der Waals surface area contributed by atoms with Crippen molar-refractivity contribution in [3.05, 3.63) is 34.6 Å². The van der Waals surface area contributed by atoms with E-state index in [0.717, 1.165) is 5.56 Å². The third kappa shape index (κ3) is 2.36. The maximum atomic E-state index is 11.6. The number of aryl methyl sites for hydroxylation is 1. The first-order chi connectivity index (χ1) is 8.11. The van der Waals surface area contributed by atoms with E-state index < -0.39 is 5.97 Å². The molecule has 0 saturated heterocycles. The number of hydrogen-bond donors (Lipinski definition) is 0. The van der Waals surface area contributed by atoms with E-state index in [1.54, 1.807) is 25.1 Å². The Morgan fingerprint density at radius 2 is 2.18 bits per heavy atom. The quantitative estimate of drug-likeness (QED) is 0.608. The van der Waals surface area contributed by atoms with Gasteiger partial charge in [0, 0.05) is 0 Å². The molecule has 0 aromatic carbocycles. The molecule has 4 nitrogen and oxygen atoms in total. The van der Waals surface area contributed by atoms with Gasteiger partial charge in [-0.05, 0) is 37.6 Å². The molecule has 0 bridgehead atoms. The summed E-state index contributed by atoms with van der Waals surface area (Å²) in [4.78, 5) is 19.9. The number of ether oxygens (including phenoxy) is 1. The Labute approximate surface area is 104 Å². The fourth-order valence-corrected chi connectivity index (χ4v) is 1.70. The second-order valence-corrected chi connectivity index (χ2v) is 3.93. The molecular formula is C12H11ClN2O2. The molecule has 0 aliphatic rings. The SMILES string of the molecule is CCOC(=O)c1cc(C)c2nc(Cl)ccc2n1. The van der Waals surface area contributed by atoms with E-state index in [1.165, 1.54) is 0 Å². The van der Waals surface area contributed by atoms with E-state index in [4.69, 9.17) is 16.3 Å². The first kappa shape index (κ1) is 11.8. The van der Waals surface area contributed by atoms with Crippen LogP contribution >= 0.6 is 11.6 Å². The largest absolute Gasteiger partial charge is 0.461 e. The summed E-state index contributed by atoms with van der Waals surface area (Å²) < 4.78 is 4.91. The summed E-state index contributed by atoms with van der Waals surface area (Å²) in [6.45, 7) is 3.94. The monoisotopic (exact) mass is 250 g/mol. The third-order valence-corrected chi connectivity index (χ3v) is 2.50. The minimum Gasteiger partial charge on any atom is -0.461 e. The van der Waals surface area contributed by atoms with Gasteiger partial charge in [0.25, 0.3) is 0 Å². The Morgan fingerprint density at radius 1 is 1.41 bits per heavy atom.